The van der Waals surface area contributed by atoms with E-state index >= 15 is 0 Å². The molecule has 1 nitrogen and oxygen atoms in total. The molecule has 0 bridgehead atoms. The molecule has 2 aliphatic carbocycles. The summed E-state index contributed by atoms with van der Waals surface area (Å²) < 4.78 is 0. The van der Waals surface area contributed by atoms with Crippen molar-refractivity contribution in [3.63, 3.8) is 0 Å². The standard InChI is InChI=1S/C19H12O/c20-15-9-12-5-6-17-16-4-2-1-3-11(16)7-13-8-14(10-15)18(12)19(13)17/h1-10,15,20H. The largest absolute Gasteiger partial charge is 0.385 e. The van der Waals surface area contributed by atoms with Crippen LogP contribution in [0.15, 0.2) is 48.5 Å². The van der Waals surface area contributed by atoms with Crippen LogP contribution in [-0.2, 0) is 0 Å². The lowest BCUT2D eigenvalue weighted by molar-refractivity contribution is 0.286. The van der Waals surface area contributed by atoms with Gasteiger partial charge in [0.1, 0.15) is 0 Å². The Morgan fingerprint density at radius 3 is 2.70 bits per heavy atom. The van der Waals surface area contributed by atoms with E-state index in [2.05, 4.69) is 48.5 Å². The van der Waals surface area contributed by atoms with Gasteiger partial charge < -0.3 is 5.11 Å². The zero-order chi connectivity index (χ0) is 13.3. The molecule has 0 radical (unpaired) electrons. The van der Waals surface area contributed by atoms with E-state index in [-0.39, 0.29) is 0 Å². The van der Waals surface area contributed by atoms with E-state index < -0.39 is 6.10 Å². The summed E-state index contributed by atoms with van der Waals surface area (Å²) in [5, 5.41) is 17.6. The summed E-state index contributed by atoms with van der Waals surface area (Å²) in [7, 11) is 0. The van der Waals surface area contributed by atoms with Gasteiger partial charge in [0.25, 0.3) is 0 Å². The fourth-order valence-corrected chi connectivity index (χ4v) is 3.60. The molecular formula is C19H12O. The summed E-state index contributed by atoms with van der Waals surface area (Å²) >= 11 is 0. The molecule has 0 spiro atoms. The van der Waals surface area contributed by atoms with Crippen molar-refractivity contribution in [3.8, 4) is 0 Å². The molecule has 1 unspecified atom stereocenters. The van der Waals surface area contributed by atoms with E-state index in [1.165, 1.54) is 32.3 Å². The smallest absolute Gasteiger partial charge is 0.0920 e. The maximum Gasteiger partial charge on any atom is 0.0920 e. The number of allylic oxidation sites excluding steroid dienone is 1. The van der Waals surface area contributed by atoms with Gasteiger partial charge in [0.2, 0.25) is 0 Å². The van der Waals surface area contributed by atoms with Gasteiger partial charge in [-0.2, -0.15) is 0 Å². The first-order chi connectivity index (χ1) is 9.81. The molecule has 0 saturated carbocycles. The summed E-state index contributed by atoms with van der Waals surface area (Å²) in [4.78, 5) is 0. The Bertz CT molecular complexity index is 1050. The Morgan fingerprint density at radius 1 is 0.850 bits per heavy atom. The van der Waals surface area contributed by atoms with Gasteiger partial charge in [-0.15, -0.1) is 0 Å². The van der Waals surface area contributed by atoms with Crippen molar-refractivity contribution in [3.05, 3.63) is 64.5 Å². The van der Waals surface area contributed by atoms with Crippen LogP contribution in [0.1, 0.15) is 5.56 Å². The zero-order valence-electron chi connectivity index (χ0n) is 10.8. The molecule has 0 heterocycles. The van der Waals surface area contributed by atoms with Crippen LogP contribution in [-0.4, -0.2) is 11.2 Å². The lowest BCUT2D eigenvalue weighted by atomic mass is 9.93. The number of rotatable bonds is 0. The molecule has 1 N–H and O–H groups in total. The molecule has 2 aliphatic rings. The number of aliphatic hydroxyl groups excluding tert-OH is 1. The predicted molar refractivity (Wildman–Crippen MR) is 83.6 cm³/mol. The van der Waals surface area contributed by atoms with Gasteiger partial charge in [-0.3, -0.25) is 0 Å². The monoisotopic (exact) mass is 256 g/mol. The second kappa shape index (κ2) is 3.38. The van der Waals surface area contributed by atoms with Crippen molar-refractivity contribution in [1.29, 1.82) is 0 Å². The fourth-order valence-electron chi connectivity index (χ4n) is 3.60. The van der Waals surface area contributed by atoms with Crippen LogP contribution in [0, 0.1) is 0 Å². The van der Waals surface area contributed by atoms with Gasteiger partial charge in [0.15, 0.2) is 0 Å². The topological polar surface area (TPSA) is 20.2 Å². The van der Waals surface area contributed by atoms with Crippen molar-refractivity contribution in [2.75, 3.05) is 0 Å². The van der Waals surface area contributed by atoms with Gasteiger partial charge in [-0.1, -0.05) is 36.4 Å². The molecule has 0 amide bonds. The molecule has 5 rings (SSSR count). The Balaban J connectivity index is 2.15. The minimum atomic E-state index is -0.477. The highest BCUT2D eigenvalue weighted by Crippen LogP contribution is 2.32. The third-order valence-corrected chi connectivity index (χ3v) is 4.39. The summed E-state index contributed by atoms with van der Waals surface area (Å²) in [6.45, 7) is 0. The van der Waals surface area contributed by atoms with E-state index in [0.717, 1.165) is 10.8 Å². The molecule has 0 saturated heterocycles. The number of aliphatic hydroxyl groups is 1. The zero-order valence-corrected chi connectivity index (χ0v) is 10.8. The van der Waals surface area contributed by atoms with E-state index in [1.54, 1.807) is 0 Å². The van der Waals surface area contributed by atoms with Crippen molar-refractivity contribution < 1.29 is 5.11 Å². The molecule has 0 fully saturated rings. The average Bonchev–Trinajstić information content (AvgIpc) is 2.81. The lowest BCUT2D eigenvalue weighted by Crippen LogP contribution is -2.17. The Hall–Kier alpha value is -2.38. The maximum atomic E-state index is 9.93. The predicted octanol–water partition coefficient (Wildman–Crippen LogP) is 2.33. The molecule has 3 aromatic rings. The molecular weight excluding hydrogens is 244 g/mol. The number of hydrogen-bond acceptors (Lipinski definition) is 1. The average molecular weight is 256 g/mol. The fraction of sp³-hybridized carbons (Fsp3) is 0.0526. The van der Waals surface area contributed by atoms with Gasteiger partial charge in [0, 0.05) is 0 Å². The second-order valence-corrected chi connectivity index (χ2v) is 5.56. The van der Waals surface area contributed by atoms with Crippen molar-refractivity contribution in [1.82, 2.24) is 0 Å². The molecule has 0 aliphatic heterocycles. The van der Waals surface area contributed by atoms with Gasteiger partial charge >= 0.3 is 0 Å². The highest BCUT2D eigenvalue weighted by Gasteiger charge is 2.19. The summed E-state index contributed by atoms with van der Waals surface area (Å²) in [5.41, 5.74) is 2.44. The first kappa shape index (κ1) is 10.4. The Labute approximate surface area is 115 Å². The number of fused-ring (bicyclic) bond motifs is 2. The molecule has 3 aromatic carbocycles. The third kappa shape index (κ3) is 1.16. The Morgan fingerprint density at radius 2 is 1.75 bits per heavy atom. The number of hydrogen-bond donors (Lipinski definition) is 1. The van der Waals surface area contributed by atoms with Crippen molar-refractivity contribution >= 4 is 39.3 Å². The first-order valence-corrected chi connectivity index (χ1v) is 6.89. The highest BCUT2D eigenvalue weighted by molar-refractivity contribution is 6.17. The van der Waals surface area contributed by atoms with Crippen LogP contribution in [0.2, 0.25) is 0 Å². The maximum absolute atomic E-state index is 9.93. The molecule has 0 aromatic heterocycles. The minimum absolute atomic E-state index is 0.477. The van der Waals surface area contributed by atoms with Crippen LogP contribution in [0.5, 0.6) is 0 Å². The third-order valence-electron chi connectivity index (χ3n) is 4.39. The van der Waals surface area contributed by atoms with E-state index in [1.807, 2.05) is 12.2 Å². The Kier molecular flexibility index (Phi) is 1.76. The van der Waals surface area contributed by atoms with Crippen LogP contribution in [0.4, 0.5) is 0 Å². The van der Waals surface area contributed by atoms with Crippen LogP contribution in [0.25, 0.3) is 39.3 Å². The van der Waals surface area contributed by atoms with Gasteiger partial charge in [-0.05, 0) is 67.4 Å². The van der Waals surface area contributed by atoms with Crippen LogP contribution in [0.3, 0.4) is 0 Å². The van der Waals surface area contributed by atoms with Gasteiger partial charge in [0.05, 0.1) is 6.10 Å². The summed E-state index contributed by atoms with van der Waals surface area (Å²) in [5.74, 6) is 0. The second-order valence-electron chi connectivity index (χ2n) is 5.56. The van der Waals surface area contributed by atoms with E-state index in [4.69, 9.17) is 0 Å². The summed E-state index contributed by atoms with van der Waals surface area (Å²) in [6.07, 6.45) is 5.59. The van der Waals surface area contributed by atoms with E-state index in [9.17, 15) is 5.11 Å². The molecule has 94 valence electrons. The lowest BCUT2D eigenvalue weighted by Gasteiger charge is -2.12. The minimum Gasteiger partial charge on any atom is -0.385 e. The van der Waals surface area contributed by atoms with Crippen molar-refractivity contribution in [2.24, 2.45) is 0 Å². The first-order valence-electron chi connectivity index (χ1n) is 6.89. The van der Waals surface area contributed by atoms with Crippen molar-refractivity contribution in [2.45, 2.75) is 6.10 Å². The highest BCUT2D eigenvalue weighted by atomic mass is 16.3. The molecule has 20 heavy (non-hydrogen) atoms. The SMILES string of the molecule is OC1C=C2C=c3cc4ccccc4c4ccc(c2c34)=C1. The molecule has 1 atom stereocenters. The summed E-state index contributed by atoms with van der Waals surface area (Å²) in [6, 6.07) is 15.1. The number of benzene rings is 3. The normalized spacial score (nSPS) is 18.9. The van der Waals surface area contributed by atoms with Gasteiger partial charge in [-0.25, -0.2) is 0 Å². The quantitative estimate of drug-likeness (QED) is 0.612. The molecule has 1 heteroatoms. The van der Waals surface area contributed by atoms with Crippen LogP contribution < -0.4 is 10.4 Å². The van der Waals surface area contributed by atoms with E-state index in [0.29, 0.717) is 0 Å². The van der Waals surface area contributed by atoms with Crippen LogP contribution >= 0.6 is 0 Å².